The average molecular weight is 259 g/mol. The minimum Gasteiger partial charge on any atom is -0.358 e. The van der Waals surface area contributed by atoms with E-state index in [2.05, 4.69) is 10.6 Å². The average Bonchev–Trinajstić information content (AvgIpc) is 2.33. The molecule has 0 heterocycles. The van der Waals surface area contributed by atoms with Crippen LogP contribution in [0.5, 0.6) is 0 Å². The van der Waals surface area contributed by atoms with Crippen molar-refractivity contribution in [2.24, 2.45) is 11.8 Å². The summed E-state index contributed by atoms with van der Waals surface area (Å²) >= 11 is 0. The second kappa shape index (κ2) is 8.46. The molecule has 18 heavy (non-hydrogen) atoms. The predicted molar refractivity (Wildman–Crippen MR) is 64.6 cm³/mol. The smallest absolute Gasteiger partial charge is 0.244 e. The zero-order chi connectivity index (χ0) is 14.1. The van der Waals surface area contributed by atoms with Crippen LogP contribution >= 0.6 is 0 Å². The Balaban J connectivity index is 4.39. The molecule has 0 fully saturated rings. The quantitative estimate of drug-likeness (QED) is 0.362. The molecule has 0 bridgehead atoms. The Morgan fingerprint density at radius 1 is 1.17 bits per heavy atom. The highest BCUT2D eigenvalue weighted by Crippen LogP contribution is 2.15. The Labute approximate surface area is 106 Å². The maximum absolute atomic E-state index is 11.8. The molecule has 0 aliphatic carbocycles. The third kappa shape index (κ3) is 6.85. The number of rotatable bonds is 7. The van der Waals surface area contributed by atoms with Gasteiger partial charge in [0.15, 0.2) is 0 Å². The molecule has 0 rings (SSSR count). The molecular weight excluding hydrogens is 238 g/mol. The fraction of sp³-hybridized carbons (Fsp3) is 0.727. The Hall–Kier alpha value is -1.63. The Morgan fingerprint density at radius 3 is 2.22 bits per heavy atom. The van der Waals surface area contributed by atoms with Gasteiger partial charge in [0.2, 0.25) is 17.7 Å². The summed E-state index contributed by atoms with van der Waals surface area (Å²) in [5, 5.41) is 13.3. The lowest BCUT2D eigenvalue weighted by Crippen LogP contribution is -2.40. The van der Waals surface area contributed by atoms with E-state index in [1.54, 1.807) is 0 Å². The molecule has 0 saturated heterocycles. The summed E-state index contributed by atoms with van der Waals surface area (Å²) in [6.45, 7) is 3.73. The number of hydrogen-bond donors (Lipinski definition) is 4. The number of amides is 3. The van der Waals surface area contributed by atoms with Gasteiger partial charge in [0.25, 0.3) is 0 Å². The van der Waals surface area contributed by atoms with E-state index in [-0.39, 0.29) is 30.7 Å². The second-order valence-electron chi connectivity index (χ2n) is 4.46. The molecule has 7 heteroatoms. The van der Waals surface area contributed by atoms with Crippen molar-refractivity contribution >= 4 is 17.7 Å². The molecule has 0 aliphatic heterocycles. The summed E-state index contributed by atoms with van der Waals surface area (Å²) in [5.74, 6) is -1.61. The molecule has 1 atom stereocenters. The van der Waals surface area contributed by atoms with Crippen LogP contribution in [0.3, 0.4) is 0 Å². The third-order valence-electron chi connectivity index (χ3n) is 2.39. The zero-order valence-electron chi connectivity index (χ0n) is 10.9. The van der Waals surface area contributed by atoms with Gasteiger partial charge in [0, 0.05) is 19.4 Å². The number of hydroxylamine groups is 1. The Kier molecular flexibility index (Phi) is 7.69. The Bertz CT molecular complexity index is 305. The van der Waals surface area contributed by atoms with E-state index in [1.165, 1.54) is 12.5 Å². The van der Waals surface area contributed by atoms with Gasteiger partial charge in [0.05, 0.1) is 6.54 Å². The van der Waals surface area contributed by atoms with Crippen LogP contribution in [0, 0.1) is 11.8 Å². The number of carbonyl (C=O) groups excluding carboxylic acids is 3. The SMILES string of the molecule is CNC(=O)CNC(=O)C(CC(=O)NO)CC(C)C. The molecule has 0 saturated carbocycles. The first-order valence-corrected chi connectivity index (χ1v) is 5.81. The van der Waals surface area contributed by atoms with Crippen molar-refractivity contribution in [1.29, 1.82) is 0 Å². The van der Waals surface area contributed by atoms with E-state index in [0.29, 0.717) is 6.42 Å². The first-order chi connectivity index (χ1) is 8.40. The summed E-state index contributed by atoms with van der Waals surface area (Å²) in [6, 6.07) is 0. The van der Waals surface area contributed by atoms with Gasteiger partial charge >= 0.3 is 0 Å². The molecule has 4 N–H and O–H groups in total. The molecule has 0 aromatic rings. The highest BCUT2D eigenvalue weighted by molar-refractivity contribution is 5.88. The van der Waals surface area contributed by atoms with Gasteiger partial charge in [-0.2, -0.15) is 0 Å². The summed E-state index contributed by atoms with van der Waals surface area (Å²) in [4.78, 5) is 33.9. The number of nitrogens with one attached hydrogen (secondary N) is 3. The van der Waals surface area contributed by atoms with Crippen molar-refractivity contribution in [3.8, 4) is 0 Å². The van der Waals surface area contributed by atoms with Crippen molar-refractivity contribution < 1.29 is 19.6 Å². The third-order valence-corrected chi connectivity index (χ3v) is 2.39. The van der Waals surface area contributed by atoms with Gasteiger partial charge in [-0.25, -0.2) is 5.48 Å². The summed E-state index contributed by atoms with van der Waals surface area (Å²) < 4.78 is 0. The van der Waals surface area contributed by atoms with E-state index in [1.807, 2.05) is 13.8 Å². The maximum Gasteiger partial charge on any atom is 0.244 e. The molecule has 0 aliphatic rings. The highest BCUT2D eigenvalue weighted by atomic mass is 16.5. The fourth-order valence-electron chi connectivity index (χ4n) is 1.52. The molecule has 1 unspecified atom stereocenters. The number of likely N-dealkylation sites (N-methyl/N-ethyl adjacent to an activating group) is 1. The van der Waals surface area contributed by atoms with Crippen molar-refractivity contribution in [2.75, 3.05) is 13.6 Å². The second-order valence-corrected chi connectivity index (χ2v) is 4.46. The molecule has 3 amide bonds. The molecule has 104 valence electrons. The van der Waals surface area contributed by atoms with Crippen molar-refractivity contribution in [3.05, 3.63) is 0 Å². The monoisotopic (exact) mass is 259 g/mol. The van der Waals surface area contributed by atoms with Crippen LogP contribution in [0.4, 0.5) is 0 Å². The van der Waals surface area contributed by atoms with Crippen molar-refractivity contribution in [3.63, 3.8) is 0 Å². The van der Waals surface area contributed by atoms with Crippen LogP contribution in [0.2, 0.25) is 0 Å². The first kappa shape index (κ1) is 16.4. The number of carbonyl (C=O) groups is 3. The molecule has 0 radical (unpaired) electrons. The van der Waals surface area contributed by atoms with E-state index < -0.39 is 11.8 Å². The fourth-order valence-corrected chi connectivity index (χ4v) is 1.52. The lowest BCUT2D eigenvalue weighted by molar-refractivity contribution is -0.135. The van der Waals surface area contributed by atoms with Crippen LogP contribution in [-0.4, -0.2) is 36.5 Å². The molecule has 7 nitrogen and oxygen atoms in total. The van der Waals surface area contributed by atoms with Crippen LogP contribution in [-0.2, 0) is 14.4 Å². The Morgan fingerprint density at radius 2 is 1.78 bits per heavy atom. The standard InChI is InChI=1S/C11H21N3O4/c1-7(2)4-8(5-9(15)14-18)11(17)13-6-10(16)12-3/h7-8,18H,4-6H2,1-3H3,(H,12,16)(H,13,17)(H,14,15). The van der Waals surface area contributed by atoms with Crippen molar-refractivity contribution in [1.82, 2.24) is 16.1 Å². The number of hydrogen-bond acceptors (Lipinski definition) is 4. The largest absolute Gasteiger partial charge is 0.358 e. The summed E-state index contributed by atoms with van der Waals surface area (Å²) in [5.41, 5.74) is 1.50. The molecular formula is C11H21N3O4. The van der Waals surface area contributed by atoms with Gasteiger partial charge < -0.3 is 10.6 Å². The first-order valence-electron chi connectivity index (χ1n) is 5.81. The summed E-state index contributed by atoms with van der Waals surface area (Å²) in [6.07, 6.45) is 0.404. The van der Waals surface area contributed by atoms with Crippen LogP contribution in [0.1, 0.15) is 26.7 Å². The van der Waals surface area contributed by atoms with Gasteiger partial charge in [-0.3, -0.25) is 19.6 Å². The van der Waals surface area contributed by atoms with Crippen molar-refractivity contribution in [2.45, 2.75) is 26.7 Å². The van der Waals surface area contributed by atoms with Crippen LogP contribution in [0.25, 0.3) is 0 Å². The molecule has 0 aromatic heterocycles. The van der Waals surface area contributed by atoms with E-state index in [0.717, 1.165) is 0 Å². The molecule has 0 aromatic carbocycles. The molecule has 0 spiro atoms. The zero-order valence-corrected chi connectivity index (χ0v) is 10.9. The highest BCUT2D eigenvalue weighted by Gasteiger charge is 2.23. The van der Waals surface area contributed by atoms with Gasteiger partial charge in [0.1, 0.15) is 0 Å². The van der Waals surface area contributed by atoms with E-state index in [9.17, 15) is 14.4 Å². The van der Waals surface area contributed by atoms with Crippen LogP contribution < -0.4 is 16.1 Å². The normalized spacial score (nSPS) is 11.8. The maximum atomic E-state index is 11.8. The van der Waals surface area contributed by atoms with Crippen LogP contribution in [0.15, 0.2) is 0 Å². The van der Waals surface area contributed by atoms with Gasteiger partial charge in [-0.05, 0) is 12.3 Å². The topological polar surface area (TPSA) is 108 Å². The predicted octanol–water partition coefficient (Wildman–Crippen LogP) is -0.594. The lowest BCUT2D eigenvalue weighted by Gasteiger charge is -2.17. The minimum absolute atomic E-state index is 0.103. The summed E-state index contributed by atoms with van der Waals surface area (Å²) in [7, 11) is 1.47. The van der Waals surface area contributed by atoms with E-state index in [4.69, 9.17) is 5.21 Å². The van der Waals surface area contributed by atoms with E-state index >= 15 is 0 Å². The minimum atomic E-state index is -0.615. The van der Waals surface area contributed by atoms with Gasteiger partial charge in [-0.1, -0.05) is 13.8 Å². The lowest BCUT2D eigenvalue weighted by atomic mass is 9.93. The van der Waals surface area contributed by atoms with Gasteiger partial charge in [-0.15, -0.1) is 0 Å².